The average molecular weight is 1580 g/mol. The van der Waals surface area contributed by atoms with Crippen LogP contribution in [-0.4, -0.2) is 63.8 Å². The van der Waals surface area contributed by atoms with Crippen molar-refractivity contribution in [2.24, 2.45) is 25.9 Å². The Morgan fingerprint density at radius 3 is 1.16 bits per heavy atom. The quantitative estimate of drug-likeness (QED) is 0.0777. The largest absolute Gasteiger partial charge is 0.316 e. The van der Waals surface area contributed by atoms with Gasteiger partial charge in [-0.2, -0.15) is 5.10 Å². The van der Waals surface area contributed by atoms with Gasteiger partial charge >= 0.3 is 0 Å². The molecule has 0 saturated heterocycles. The van der Waals surface area contributed by atoms with Crippen molar-refractivity contribution in [3.05, 3.63) is 289 Å². The van der Waals surface area contributed by atoms with Crippen LogP contribution < -0.4 is 0 Å². The van der Waals surface area contributed by atoms with Crippen LogP contribution in [-0.2, 0) is 64.1 Å². The molecule has 0 spiro atoms. The number of rotatable bonds is 9. The summed E-state index contributed by atoms with van der Waals surface area (Å²) in [5.41, 5.74) is 20.7. The van der Waals surface area contributed by atoms with Gasteiger partial charge in [-0.25, -0.2) is 34.7 Å². The topological polar surface area (TPSA) is 148 Å². The molecule has 0 N–H and O–H groups in total. The molecule has 16 heteroatoms. The summed E-state index contributed by atoms with van der Waals surface area (Å²) >= 11 is 0. The third kappa shape index (κ3) is 13.0. The van der Waals surface area contributed by atoms with E-state index in [1.165, 1.54) is 22.3 Å². The van der Waals surface area contributed by atoms with Gasteiger partial charge in [0.15, 0.2) is 34.8 Å². The minimum absolute atomic E-state index is 0. The molecule has 0 saturated carbocycles. The van der Waals surface area contributed by atoms with Crippen molar-refractivity contribution in [3.8, 4) is 96.3 Å². The summed E-state index contributed by atoms with van der Waals surface area (Å²) < 4.78 is 6.25. The second-order valence-corrected chi connectivity index (χ2v) is 26.6. The second-order valence-electron chi connectivity index (χ2n) is 26.6. The molecule has 104 heavy (non-hydrogen) atoms. The maximum Gasteiger partial charge on any atom is 0.187 e. The first-order chi connectivity index (χ1) is 50.0. The second kappa shape index (κ2) is 29.6. The van der Waals surface area contributed by atoms with Crippen molar-refractivity contribution in [3.63, 3.8) is 0 Å². The maximum atomic E-state index is 7.72. The zero-order valence-electron chi connectivity index (χ0n) is 58.2. The van der Waals surface area contributed by atoms with Crippen molar-refractivity contribution < 1.29 is 37.2 Å². The van der Waals surface area contributed by atoms with Gasteiger partial charge in [0.25, 0.3) is 0 Å². The monoisotopic (exact) mass is 1580 g/mol. The third-order valence-corrected chi connectivity index (χ3v) is 18.8. The van der Waals surface area contributed by atoms with Crippen LogP contribution in [0.15, 0.2) is 255 Å². The van der Waals surface area contributed by atoms with Crippen molar-refractivity contribution in [2.75, 3.05) is 0 Å². The van der Waals surface area contributed by atoms with Gasteiger partial charge in [-0.15, -0.1) is 41.0 Å². The molecule has 6 aromatic heterocycles. The molecule has 14 nitrogen and oxygen atoms in total. The number of aromatic nitrogens is 13. The van der Waals surface area contributed by atoms with Crippen molar-refractivity contribution >= 4 is 71.6 Å². The van der Waals surface area contributed by atoms with Gasteiger partial charge < -0.3 is 13.7 Å². The molecule has 10 aromatic carbocycles. The first-order valence-corrected chi connectivity index (χ1v) is 34.4. The van der Waals surface area contributed by atoms with Crippen LogP contribution in [0, 0.1) is 31.4 Å². The number of nitrogens with zero attached hydrogens (tertiary/aromatic N) is 14. The predicted octanol–water partition coefficient (Wildman–Crippen LogP) is 20.7. The van der Waals surface area contributed by atoms with Gasteiger partial charge in [0, 0.05) is 129 Å². The van der Waals surface area contributed by atoms with Crippen molar-refractivity contribution in [2.45, 2.75) is 47.5 Å². The van der Waals surface area contributed by atoms with Gasteiger partial charge in [0.1, 0.15) is 22.6 Å². The number of pyridine rings is 2. The van der Waals surface area contributed by atoms with Gasteiger partial charge in [0.05, 0.1) is 23.4 Å². The Morgan fingerprint density at radius 1 is 0.404 bits per heavy atom. The predicted molar refractivity (Wildman–Crippen MR) is 412 cm³/mol. The minimum atomic E-state index is 0. The molecule has 16 aromatic rings. The van der Waals surface area contributed by atoms with Gasteiger partial charge in [-0.05, 0) is 82.7 Å². The van der Waals surface area contributed by atoms with E-state index in [0.717, 1.165) is 146 Å². The number of benzene rings is 10. The summed E-state index contributed by atoms with van der Waals surface area (Å²) in [4.78, 5) is 43.8. The molecule has 8 bridgehead atoms. The third-order valence-electron chi connectivity index (χ3n) is 18.8. The Labute approximate surface area is 627 Å². The zero-order chi connectivity index (χ0) is 69.5. The Balaban J connectivity index is 0.000000134. The SMILES string of the molecule is Cn1c2nc3nc(nc4c5ccccc5c(nc5nc(nc1c1ccccc12)-c1ccccc1-5)n4C)-c1ccccc1-3.[C-]#[N+]c1cc(CC(C)C)c(-n2c(-c3[c-]cccc3)nnc2-c2ccccc2C)c(CC(C)C)c1.[Cu].[Ir].c1ccc(-c2ccnc3c2ccc2c(-c4ccccc4)ccnc23)cc1. The van der Waals surface area contributed by atoms with Crippen LogP contribution >= 0.6 is 0 Å². The fourth-order valence-electron chi connectivity index (χ4n) is 14.2. The Bertz CT molecular complexity index is 5700. The van der Waals surface area contributed by atoms with E-state index in [9.17, 15) is 0 Å². The Kier molecular flexibility index (Phi) is 19.7. The van der Waals surface area contributed by atoms with Crippen LogP contribution in [0.5, 0.6) is 0 Å². The molecule has 2 aliphatic heterocycles. The molecule has 0 atom stereocenters. The molecule has 2 aliphatic rings. The maximum absolute atomic E-state index is 7.72. The van der Waals surface area contributed by atoms with E-state index in [1.807, 2.05) is 145 Å². The van der Waals surface area contributed by atoms with Crippen LogP contribution in [0.1, 0.15) is 44.4 Å². The summed E-state index contributed by atoms with van der Waals surface area (Å²) in [6.45, 7) is 18.7. The van der Waals surface area contributed by atoms with Crippen LogP contribution in [0.25, 0.3) is 167 Å². The van der Waals surface area contributed by atoms with Gasteiger partial charge in [-0.1, -0.05) is 234 Å². The van der Waals surface area contributed by atoms with Crippen LogP contribution in [0.4, 0.5) is 5.69 Å². The van der Waals surface area contributed by atoms with E-state index in [2.05, 4.69) is 199 Å². The summed E-state index contributed by atoms with van der Waals surface area (Å²) in [7, 11) is 3.98. The molecule has 0 amide bonds. The Hall–Kier alpha value is -11.8. The average Bonchev–Trinajstić information content (AvgIpc) is 1.51. The molecule has 0 fully saturated rings. The molecule has 8 heterocycles. The van der Waals surface area contributed by atoms with E-state index in [-0.39, 0.29) is 37.2 Å². The molecule has 0 aliphatic carbocycles. The van der Waals surface area contributed by atoms with E-state index in [0.29, 0.717) is 40.8 Å². The fourth-order valence-corrected chi connectivity index (χ4v) is 14.2. The summed E-state index contributed by atoms with van der Waals surface area (Å²) in [5, 5.41) is 15.6. The molecule has 0 unspecified atom stereocenters. The van der Waals surface area contributed by atoms with Gasteiger partial charge in [-0.3, -0.25) is 9.97 Å². The fraction of sp³-hybridized carbons (Fsp3) is 0.125. The van der Waals surface area contributed by atoms with Crippen LogP contribution in [0.2, 0.25) is 0 Å². The first kappa shape index (κ1) is 69.3. The number of hydrogen-bond acceptors (Lipinski definition) is 10. The minimum Gasteiger partial charge on any atom is -0.316 e. The molecular formula is C88H69CuIrN14-. The van der Waals surface area contributed by atoms with E-state index in [4.69, 9.17) is 41.6 Å². The molecular weight excluding hydrogens is 1510 g/mol. The van der Waals surface area contributed by atoms with Gasteiger partial charge in [0.2, 0.25) is 0 Å². The number of aryl methyl sites for hydroxylation is 3. The number of hydrogen-bond donors (Lipinski definition) is 0. The van der Waals surface area contributed by atoms with Crippen LogP contribution in [0.3, 0.4) is 0 Å². The zero-order valence-corrected chi connectivity index (χ0v) is 61.6. The first-order valence-electron chi connectivity index (χ1n) is 34.4. The Morgan fingerprint density at radius 2 is 0.779 bits per heavy atom. The van der Waals surface area contributed by atoms with E-state index >= 15 is 0 Å². The molecule has 18 rings (SSSR count). The van der Waals surface area contributed by atoms with Crippen molar-refractivity contribution in [1.82, 2.24) is 63.8 Å². The molecule has 2 radical (unpaired) electrons. The van der Waals surface area contributed by atoms with Crippen molar-refractivity contribution in [1.29, 1.82) is 0 Å². The normalized spacial score (nSPS) is 11.3. The summed E-state index contributed by atoms with van der Waals surface area (Å²) in [6, 6.07) is 85.6. The standard InChI is InChI=1S/C34H22N8.C30H31N4.C24H16N2.Cu.Ir/c1-41-31-23-15-7-8-16-24(23)32(41)38-28-20-12-4-6-14-22(20)30(36-28)40-34-26-18-10-9-17-25(26)33(42(34)2)39-29-21-13-5-3-11-19(21)27(35-29)37-31;1-20(2)16-24-18-26(31-6)19-25(17-21(3)4)28(24)34-29(23-13-8-7-9-14-23)32-33-30(34)27-15-11-10-12-22(27)5;1-3-7-17(8-4-1)19-13-15-25-23-21(19)11-12-22-20(14-16-26-24(22)23)18-9-5-2-6-10-18;;/h3-18H,1-2H3;7-13,15,18-21H,16-17H2,1-5H3;1-16H;;/q;-1;;;. The number of fused-ring (bicyclic) bond motifs is 23. The molecule has 512 valence electrons. The summed E-state index contributed by atoms with van der Waals surface area (Å²) in [6.07, 6.45) is 5.49. The smallest absolute Gasteiger partial charge is 0.187 e. The summed E-state index contributed by atoms with van der Waals surface area (Å²) in [5.74, 6) is 4.96. The van der Waals surface area contributed by atoms with E-state index < -0.39 is 0 Å². The van der Waals surface area contributed by atoms with E-state index in [1.54, 1.807) is 0 Å².